The molecular weight excluding hydrogens is 362 g/mol. The zero-order valence-electron chi connectivity index (χ0n) is 15.7. The number of carboxylic acid groups (broad SMARTS) is 1. The van der Waals surface area contributed by atoms with Gasteiger partial charge >= 0.3 is 5.97 Å². The van der Waals surface area contributed by atoms with Crippen LogP contribution in [0.2, 0.25) is 0 Å². The number of benzene rings is 1. The number of Topliss-reactive ketones (excluding diaryl/α,β-unsaturated/α-hetero) is 1. The number of ether oxygens (including phenoxy) is 1. The van der Waals surface area contributed by atoms with Gasteiger partial charge in [-0.05, 0) is 24.3 Å². The van der Waals surface area contributed by atoms with E-state index >= 15 is 0 Å². The van der Waals surface area contributed by atoms with Crippen LogP contribution in [-0.2, 0) is 9.53 Å². The van der Waals surface area contributed by atoms with E-state index in [-0.39, 0.29) is 17.8 Å². The molecule has 0 saturated carbocycles. The van der Waals surface area contributed by atoms with E-state index in [9.17, 15) is 14.4 Å². The second-order valence-electron chi connectivity index (χ2n) is 6.54. The Balaban J connectivity index is 0.000000403. The standard InChI is InChI=1S/C17H17N3O3.C3H6O2/c21-15(10-20-5-7-23-8-6-20)11-1-2-14-13(9-11)12-3-4-18-16(12)17(22)19-14;1-2-3(4)5/h1-4,9,18H,5-8,10H2,(H,19,22);2H2,1H3,(H,4,5). The van der Waals surface area contributed by atoms with Crippen molar-refractivity contribution in [3.63, 3.8) is 0 Å². The highest BCUT2D eigenvalue weighted by Crippen LogP contribution is 2.22. The molecule has 0 radical (unpaired) electrons. The molecule has 2 aromatic heterocycles. The quantitative estimate of drug-likeness (QED) is 0.592. The Morgan fingerprint density at radius 3 is 2.57 bits per heavy atom. The van der Waals surface area contributed by atoms with Crippen molar-refractivity contribution in [3.05, 3.63) is 46.4 Å². The molecule has 3 N–H and O–H groups in total. The zero-order valence-corrected chi connectivity index (χ0v) is 15.7. The SMILES string of the molecule is CCC(=O)O.O=C(CN1CCOCC1)c1ccc2[nH]c(=O)c3[nH]ccc3c2c1. The average Bonchev–Trinajstić information content (AvgIpc) is 3.20. The number of carbonyl (C=O) groups is 2. The summed E-state index contributed by atoms with van der Waals surface area (Å²) in [5.74, 6) is -0.659. The van der Waals surface area contributed by atoms with Crippen molar-refractivity contribution in [2.45, 2.75) is 13.3 Å². The number of carboxylic acids is 1. The minimum Gasteiger partial charge on any atom is -0.481 e. The van der Waals surface area contributed by atoms with Crippen molar-refractivity contribution in [1.29, 1.82) is 0 Å². The first-order valence-corrected chi connectivity index (χ1v) is 9.17. The van der Waals surface area contributed by atoms with Gasteiger partial charge in [0.05, 0.1) is 19.8 Å². The number of H-pyrrole nitrogens is 2. The van der Waals surface area contributed by atoms with E-state index < -0.39 is 5.97 Å². The summed E-state index contributed by atoms with van der Waals surface area (Å²) in [7, 11) is 0. The molecule has 28 heavy (non-hydrogen) atoms. The number of hydrogen-bond donors (Lipinski definition) is 3. The maximum atomic E-state index is 12.5. The molecule has 3 aromatic rings. The number of nitrogens with one attached hydrogen (secondary N) is 2. The van der Waals surface area contributed by atoms with E-state index in [4.69, 9.17) is 9.84 Å². The van der Waals surface area contributed by atoms with Gasteiger partial charge in [0.25, 0.3) is 5.56 Å². The average molecular weight is 385 g/mol. The third-order valence-electron chi connectivity index (χ3n) is 4.63. The fourth-order valence-electron chi connectivity index (χ4n) is 3.07. The van der Waals surface area contributed by atoms with E-state index in [2.05, 4.69) is 14.9 Å². The lowest BCUT2D eigenvalue weighted by molar-refractivity contribution is -0.136. The summed E-state index contributed by atoms with van der Waals surface area (Å²) in [6.45, 7) is 4.92. The molecule has 0 bridgehead atoms. The number of ketones is 1. The molecule has 1 aromatic carbocycles. The number of fused-ring (bicyclic) bond motifs is 3. The van der Waals surface area contributed by atoms with Crippen LogP contribution in [0.3, 0.4) is 0 Å². The van der Waals surface area contributed by atoms with Crippen LogP contribution in [0.15, 0.2) is 35.3 Å². The number of morpholine rings is 1. The van der Waals surface area contributed by atoms with Crippen LogP contribution in [0.4, 0.5) is 0 Å². The zero-order chi connectivity index (χ0) is 20.1. The highest BCUT2D eigenvalue weighted by Gasteiger charge is 2.16. The van der Waals surface area contributed by atoms with Gasteiger partial charge in [0, 0.05) is 47.6 Å². The van der Waals surface area contributed by atoms with Gasteiger partial charge in [-0.2, -0.15) is 0 Å². The van der Waals surface area contributed by atoms with Crippen molar-refractivity contribution >= 4 is 33.6 Å². The van der Waals surface area contributed by atoms with Crippen LogP contribution in [0, 0.1) is 0 Å². The van der Waals surface area contributed by atoms with Crippen molar-refractivity contribution in [1.82, 2.24) is 14.9 Å². The predicted octanol–water partition coefficient (Wildman–Crippen LogP) is 2.01. The van der Waals surface area contributed by atoms with E-state index in [0.29, 0.717) is 30.8 Å². The Kier molecular flexibility index (Phi) is 6.23. The molecule has 3 heterocycles. The Bertz CT molecular complexity index is 1050. The Morgan fingerprint density at radius 1 is 1.18 bits per heavy atom. The number of aromatic nitrogens is 2. The number of hydrogen-bond acceptors (Lipinski definition) is 5. The first-order chi connectivity index (χ1) is 13.5. The van der Waals surface area contributed by atoms with Gasteiger partial charge in [-0.15, -0.1) is 0 Å². The first kappa shape index (κ1) is 19.8. The second kappa shape index (κ2) is 8.81. The number of aromatic amines is 2. The molecule has 0 spiro atoms. The Morgan fingerprint density at radius 2 is 1.89 bits per heavy atom. The Hall–Kier alpha value is -2.97. The maximum Gasteiger partial charge on any atom is 0.303 e. The molecule has 1 aliphatic heterocycles. The normalized spacial score (nSPS) is 14.6. The monoisotopic (exact) mass is 385 g/mol. The summed E-state index contributed by atoms with van der Waals surface area (Å²) in [5, 5.41) is 9.44. The van der Waals surface area contributed by atoms with Crippen molar-refractivity contribution in [2.75, 3.05) is 32.8 Å². The van der Waals surface area contributed by atoms with Crippen LogP contribution in [0.25, 0.3) is 21.8 Å². The maximum absolute atomic E-state index is 12.5. The molecule has 1 saturated heterocycles. The molecule has 1 fully saturated rings. The van der Waals surface area contributed by atoms with E-state index in [1.54, 1.807) is 25.3 Å². The number of nitrogens with zero attached hydrogens (tertiary/aromatic N) is 1. The van der Waals surface area contributed by atoms with Crippen LogP contribution in [0.1, 0.15) is 23.7 Å². The third kappa shape index (κ3) is 4.47. The molecule has 0 aliphatic carbocycles. The topological polar surface area (TPSA) is 115 Å². The summed E-state index contributed by atoms with van der Waals surface area (Å²) in [6, 6.07) is 7.31. The minimum atomic E-state index is -0.745. The lowest BCUT2D eigenvalue weighted by atomic mass is 10.0. The summed E-state index contributed by atoms with van der Waals surface area (Å²) >= 11 is 0. The predicted molar refractivity (Wildman–Crippen MR) is 106 cm³/mol. The number of pyridine rings is 1. The second-order valence-corrected chi connectivity index (χ2v) is 6.54. The van der Waals surface area contributed by atoms with Gasteiger partial charge in [0.1, 0.15) is 5.52 Å². The van der Waals surface area contributed by atoms with Gasteiger partial charge in [0.2, 0.25) is 0 Å². The molecule has 0 unspecified atom stereocenters. The number of rotatable bonds is 4. The van der Waals surface area contributed by atoms with Crippen molar-refractivity contribution < 1.29 is 19.4 Å². The highest BCUT2D eigenvalue weighted by atomic mass is 16.5. The number of aliphatic carboxylic acids is 1. The van der Waals surface area contributed by atoms with Gasteiger partial charge in [-0.3, -0.25) is 19.3 Å². The largest absolute Gasteiger partial charge is 0.481 e. The van der Waals surface area contributed by atoms with Crippen LogP contribution in [-0.4, -0.2) is 64.6 Å². The lowest BCUT2D eigenvalue weighted by Crippen LogP contribution is -2.39. The van der Waals surface area contributed by atoms with E-state index in [1.165, 1.54) is 0 Å². The molecule has 1 aliphatic rings. The molecule has 4 rings (SSSR count). The Labute approximate surface area is 161 Å². The first-order valence-electron chi connectivity index (χ1n) is 9.17. The third-order valence-corrected chi connectivity index (χ3v) is 4.63. The van der Waals surface area contributed by atoms with Crippen molar-refractivity contribution in [2.24, 2.45) is 0 Å². The summed E-state index contributed by atoms with van der Waals surface area (Å²) in [6.07, 6.45) is 1.96. The van der Waals surface area contributed by atoms with Gasteiger partial charge < -0.3 is 19.8 Å². The fraction of sp³-hybridized carbons (Fsp3) is 0.350. The van der Waals surface area contributed by atoms with Crippen LogP contribution >= 0.6 is 0 Å². The van der Waals surface area contributed by atoms with Crippen molar-refractivity contribution in [3.8, 4) is 0 Å². The molecule has 8 heteroatoms. The van der Waals surface area contributed by atoms with Gasteiger partial charge in [0.15, 0.2) is 5.78 Å². The molecule has 0 amide bonds. The lowest BCUT2D eigenvalue weighted by Gasteiger charge is -2.25. The van der Waals surface area contributed by atoms with Gasteiger partial charge in [-0.1, -0.05) is 6.92 Å². The molecule has 148 valence electrons. The molecule has 8 nitrogen and oxygen atoms in total. The van der Waals surface area contributed by atoms with Gasteiger partial charge in [-0.25, -0.2) is 0 Å². The fourth-order valence-corrected chi connectivity index (χ4v) is 3.07. The molecular formula is C20H23N3O5. The summed E-state index contributed by atoms with van der Waals surface area (Å²) in [5.41, 5.74) is 1.80. The smallest absolute Gasteiger partial charge is 0.303 e. The summed E-state index contributed by atoms with van der Waals surface area (Å²) in [4.78, 5) is 41.8. The molecule has 0 atom stereocenters. The van der Waals surface area contributed by atoms with E-state index in [0.717, 1.165) is 29.4 Å². The summed E-state index contributed by atoms with van der Waals surface area (Å²) < 4.78 is 5.30. The number of carbonyl (C=O) groups excluding carboxylic acids is 1. The van der Waals surface area contributed by atoms with Crippen LogP contribution < -0.4 is 5.56 Å². The van der Waals surface area contributed by atoms with Crippen LogP contribution in [0.5, 0.6) is 0 Å². The highest BCUT2D eigenvalue weighted by molar-refractivity contribution is 6.08. The minimum absolute atomic E-state index is 0.0867. The van der Waals surface area contributed by atoms with E-state index in [1.807, 2.05) is 12.1 Å².